The molecule has 0 saturated carbocycles. The molecule has 0 unspecified atom stereocenters. The summed E-state index contributed by atoms with van der Waals surface area (Å²) in [5.41, 5.74) is 3.63. The molecular weight excluding hydrogens is 334 g/mol. The molecule has 5 heteroatoms. The lowest BCUT2D eigenvalue weighted by Crippen LogP contribution is -2.20. The second-order valence-corrected chi connectivity index (χ2v) is 7.04. The summed E-state index contributed by atoms with van der Waals surface area (Å²) in [6.45, 7) is 5.15. The van der Waals surface area contributed by atoms with Crippen LogP contribution in [0.1, 0.15) is 29.4 Å². The van der Waals surface area contributed by atoms with Crippen molar-refractivity contribution in [2.24, 2.45) is 0 Å². The summed E-state index contributed by atoms with van der Waals surface area (Å²) in [5, 5.41) is 9.19. The lowest BCUT2D eigenvalue weighted by Gasteiger charge is -2.16. The minimum absolute atomic E-state index is 0.303. The van der Waals surface area contributed by atoms with Gasteiger partial charge in [0.05, 0.1) is 5.92 Å². The van der Waals surface area contributed by atoms with Gasteiger partial charge in [0.15, 0.2) is 0 Å². The zero-order valence-electron chi connectivity index (χ0n) is 14.2. The Kier molecular flexibility index (Phi) is 4.55. The van der Waals surface area contributed by atoms with Gasteiger partial charge in [-0.15, -0.1) is 10.2 Å². The number of halogens is 1. The quantitative estimate of drug-likeness (QED) is 0.682. The Morgan fingerprint density at radius 1 is 1.12 bits per heavy atom. The van der Waals surface area contributed by atoms with Gasteiger partial charge in [-0.05, 0) is 55.3 Å². The minimum Gasteiger partial charge on any atom is -0.420 e. The summed E-state index contributed by atoms with van der Waals surface area (Å²) >= 11 is 5.93. The maximum atomic E-state index is 5.93. The van der Waals surface area contributed by atoms with Crippen LogP contribution in [0.4, 0.5) is 0 Å². The summed E-state index contributed by atoms with van der Waals surface area (Å²) in [4.78, 5) is 2.46. The van der Waals surface area contributed by atoms with Crippen molar-refractivity contribution in [2.45, 2.75) is 25.8 Å². The van der Waals surface area contributed by atoms with Gasteiger partial charge < -0.3 is 4.42 Å². The van der Waals surface area contributed by atoms with Gasteiger partial charge in [0.2, 0.25) is 11.8 Å². The van der Waals surface area contributed by atoms with E-state index in [1.54, 1.807) is 0 Å². The normalized spacial score (nSPS) is 17.9. The van der Waals surface area contributed by atoms with E-state index in [0.29, 0.717) is 16.8 Å². The van der Waals surface area contributed by atoms with Crippen molar-refractivity contribution >= 4 is 11.6 Å². The molecule has 2 aromatic carbocycles. The topological polar surface area (TPSA) is 42.2 Å². The van der Waals surface area contributed by atoms with E-state index < -0.39 is 0 Å². The first-order chi connectivity index (χ1) is 12.2. The van der Waals surface area contributed by atoms with Crippen LogP contribution in [0.25, 0.3) is 11.5 Å². The van der Waals surface area contributed by atoms with Crippen LogP contribution in [0, 0.1) is 6.92 Å². The first-order valence-electron chi connectivity index (χ1n) is 8.55. The predicted octanol–water partition coefficient (Wildman–Crippen LogP) is 4.69. The van der Waals surface area contributed by atoms with E-state index in [4.69, 9.17) is 16.0 Å². The average Bonchev–Trinajstić information content (AvgIpc) is 3.27. The van der Waals surface area contributed by atoms with Crippen LogP contribution in [-0.2, 0) is 6.54 Å². The van der Waals surface area contributed by atoms with Gasteiger partial charge in [0.25, 0.3) is 0 Å². The minimum atomic E-state index is 0.303. The van der Waals surface area contributed by atoms with Crippen LogP contribution in [0.5, 0.6) is 0 Å². The van der Waals surface area contributed by atoms with Crippen molar-refractivity contribution in [2.75, 3.05) is 13.1 Å². The van der Waals surface area contributed by atoms with Crippen LogP contribution in [-0.4, -0.2) is 28.2 Å². The van der Waals surface area contributed by atoms with Crippen molar-refractivity contribution in [3.63, 3.8) is 0 Å². The molecule has 128 valence electrons. The van der Waals surface area contributed by atoms with Gasteiger partial charge in [0.1, 0.15) is 0 Å². The molecule has 4 nitrogen and oxygen atoms in total. The van der Waals surface area contributed by atoms with E-state index in [-0.39, 0.29) is 0 Å². The highest BCUT2D eigenvalue weighted by Crippen LogP contribution is 2.30. The third-order valence-corrected chi connectivity index (χ3v) is 5.06. The number of nitrogens with zero attached hydrogens (tertiary/aromatic N) is 3. The number of hydrogen-bond donors (Lipinski definition) is 0. The Morgan fingerprint density at radius 2 is 1.92 bits per heavy atom. The fourth-order valence-corrected chi connectivity index (χ4v) is 3.44. The molecule has 0 radical (unpaired) electrons. The van der Waals surface area contributed by atoms with E-state index in [9.17, 15) is 0 Å². The van der Waals surface area contributed by atoms with Crippen LogP contribution >= 0.6 is 11.6 Å². The molecular formula is C20H20ClN3O. The highest BCUT2D eigenvalue weighted by Gasteiger charge is 2.28. The summed E-state index contributed by atoms with van der Waals surface area (Å²) in [6, 6.07) is 16.0. The Labute approximate surface area is 152 Å². The van der Waals surface area contributed by atoms with E-state index in [0.717, 1.165) is 37.5 Å². The maximum absolute atomic E-state index is 5.93. The standard InChI is InChI=1S/C20H20ClN3O/c1-14-4-2-3-5-16(14)12-24-11-10-17(13-24)20-23-22-19(25-20)15-6-8-18(21)9-7-15/h2-9,17H,10-13H2,1H3/t17-/m0/s1. The smallest absolute Gasteiger partial charge is 0.247 e. The Hall–Kier alpha value is -2.17. The van der Waals surface area contributed by atoms with Crippen molar-refractivity contribution in [3.8, 4) is 11.5 Å². The van der Waals surface area contributed by atoms with Gasteiger partial charge in [-0.25, -0.2) is 0 Å². The van der Waals surface area contributed by atoms with Crippen LogP contribution in [0.15, 0.2) is 52.9 Å². The Bertz CT molecular complexity index is 859. The molecule has 25 heavy (non-hydrogen) atoms. The van der Waals surface area contributed by atoms with Crippen molar-refractivity contribution < 1.29 is 4.42 Å². The van der Waals surface area contributed by atoms with Gasteiger partial charge in [0, 0.05) is 23.7 Å². The number of rotatable bonds is 4. The monoisotopic (exact) mass is 353 g/mol. The molecule has 2 heterocycles. The Balaban J connectivity index is 1.44. The number of hydrogen-bond acceptors (Lipinski definition) is 4. The summed E-state index contributed by atoms with van der Waals surface area (Å²) in [7, 11) is 0. The van der Waals surface area contributed by atoms with Gasteiger partial charge in [-0.2, -0.15) is 0 Å². The van der Waals surface area contributed by atoms with Crippen LogP contribution in [0.3, 0.4) is 0 Å². The summed E-state index contributed by atoms with van der Waals surface area (Å²) in [6.07, 6.45) is 1.05. The van der Waals surface area contributed by atoms with Crippen LogP contribution in [0.2, 0.25) is 5.02 Å². The molecule has 4 rings (SSSR count). The van der Waals surface area contributed by atoms with Crippen molar-refractivity contribution in [1.29, 1.82) is 0 Å². The largest absolute Gasteiger partial charge is 0.420 e. The lowest BCUT2D eigenvalue weighted by atomic mass is 10.1. The van der Waals surface area contributed by atoms with E-state index in [1.165, 1.54) is 11.1 Å². The second-order valence-electron chi connectivity index (χ2n) is 6.60. The molecule has 1 aromatic heterocycles. The van der Waals surface area contributed by atoms with E-state index in [1.807, 2.05) is 24.3 Å². The fourth-order valence-electron chi connectivity index (χ4n) is 3.31. The SMILES string of the molecule is Cc1ccccc1CN1CC[C@H](c2nnc(-c3ccc(Cl)cc3)o2)C1. The van der Waals surface area contributed by atoms with Crippen molar-refractivity contribution in [3.05, 3.63) is 70.6 Å². The number of likely N-dealkylation sites (tertiary alicyclic amines) is 1. The summed E-state index contributed by atoms with van der Waals surface area (Å²) in [5.74, 6) is 1.60. The first kappa shape index (κ1) is 16.3. The summed E-state index contributed by atoms with van der Waals surface area (Å²) < 4.78 is 5.92. The lowest BCUT2D eigenvalue weighted by molar-refractivity contribution is 0.319. The molecule has 3 aromatic rings. The second kappa shape index (κ2) is 6.98. The molecule has 1 aliphatic rings. The molecule has 0 amide bonds. The highest BCUT2D eigenvalue weighted by molar-refractivity contribution is 6.30. The molecule has 1 fully saturated rings. The van der Waals surface area contributed by atoms with Crippen molar-refractivity contribution in [1.82, 2.24) is 15.1 Å². The first-order valence-corrected chi connectivity index (χ1v) is 8.93. The number of benzene rings is 2. The van der Waals surface area contributed by atoms with E-state index in [2.05, 4.69) is 46.3 Å². The molecule has 0 N–H and O–H groups in total. The predicted molar refractivity (Wildman–Crippen MR) is 98.6 cm³/mol. The van der Waals surface area contributed by atoms with Crippen LogP contribution < -0.4 is 0 Å². The Morgan fingerprint density at radius 3 is 2.72 bits per heavy atom. The van der Waals surface area contributed by atoms with E-state index >= 15 is 0 Å². The molecule has 0 aliphatic carbocycles. The highest BCUT2D eigenvalue weighted by atomic mass is 35.5. The molecule has 0 spiro atoms. The van der Waals surface area contributed by atoms with Gasteiger partial charge >= 0.3 is 0 Å². The zero-order chi connectivity index (χ0) is 17.2. The van der Waals surface area contributed by atoms with Gasteiger partial charge in [-0.1, -0.05) is 35.9 Å². The average molecular weight is 354 g/mol. The maximum Gasteiger partial charge on any atom is 0.247 e. The number of aromatic nitrogens is 2. The molecule has 1 aliphatic heterocycles. The third-order valence-electron chi connectivity index (χ3n) is 4.81. The zero-order valence-corrected chi connectivity index (χ0v) is 14.9. The van der Waals surface area contributed by atoms with Gasteiger partial charge in [-0.3, -0.25) is 4.90 Å². The third kappa shape index (κ3) is 3.60. The number of aryl methyl sites for hydroxylation is 1. The fraction of sp³-hybridized carbons (Fsp3) is 0.300. The molecule has 1 atom stereocenters. The molecule has 0 bridgehead atoms. The molecule has 1 saturated heterocycles.